The van der Waals surface area contributed by atoms with Crippen LogP contribution < -0.4 is 5.32 Å². The first-order valence-corrected chi connectivity index (χ1v) is 6.81. The lowest BCUT2D eigenvalue weighted by Crippen LogP contribution is -2.18. The highest BCUT2D eigenvalue weighted by molar-refractivity contribution is 5.62. The van der Waals surface area contributed by atoms with Crippen LogP contribution in [-0.2, 0) is 6.42 Å². The molecule has 0 amide bonds. The average molecular weight is 288 g/mol. The van der Waals surface area contributed by atoms with Gasteiger partial charge in [-0.15, -0.1) is 0 Å². The van der Waals surface area contributed by atoms with Gasteiger partial charge < -0.3 is 5.32 Å². The molecule has 4 nitrogen and oxygen atoms in total. The van der Waals surface area contributed by atoms with Crippen LogP contribution in [0.3, 0.4) is 0 Å². The zero-order valence-electron chi connectivity index (χ0n) is 11.8. The molecule has 0 aliphatic rings. The van der Waals surface area contributed by atoms with Crippen molar-refractivity contribution in [2.24, 2.45) is 0 Å². The van der Waals surface area contributed by atoms with E-state index >= 15 is 0 Å². The molecule has 2 rings (SSSR count). The number of benzene rings is 2. The summed E-state index contributed by atoms with van der Waals surface area (Å²) in [6, 6.07) is 13.7. The summed E-state index contributed by atoms with van der Waals surface area (Å²) in [5, 5.41) is 13.8. The van der Waals surface area contributed by atoms with E-state index in [-0.39, 0.29) is 17.4 Å². The summed E-state index contributed by atoms with van der Waals surface area (Å²) in [6.45, 7) is 1.89. The van der Waals surface area contributed by atoms with Crippen molar-refractivity contribution < 1.29 is 9.31 Å². The predicted molar refractivity (Wildman–Crippen MR) is 80.9 cm³/mol. The fourth-order valence-electron chi connectivity index (χ4n) is 2.15. The Bertz CT molecular complexity index is 617. The largest absolute Gasteiger partial charge is 0.375 e. The van der Waals surface area contributed by atoms with Crippen LogP contribution >= 0.6 is 0 Å². The molecule has 0 aromatic heterocycles. The third-order valence-corrected chi connectivity index (χ3v) is 3.29. The first-order chi connectivity index (χ1) is 10.1. The molecule has 5 heteroatoms. The zero-order chi connectivity index (χ0) is 15.2. The Morgan fingerprint density at radius 3 is 2.57 bits per heavy atom. The number of rotatable bonds is 6. The minimum absolute atomic E-state index is 0.0388. The Morgan fingerprint density at radius 1 is 1.19 bits per heavy atom. The van der Waals surface area contributed by atoms with Crippen LogP contribution in [0.25, 0.3) is 0 Å². The second-order valence-electron chi connectivity index (χ2n) is 4.96. The fraction of sp³-hybridized carbons (Fsp3) is 0.250. The van der Waals surface area contributed by atoms with Crippen molar-refractivity contribution in [3.63, 3.8) is 0 Å². The van der Waals surface area contributed by atoms with E-state index in [0.717, 1.165) is 12.8 Å². The van der Waals surface area contributed by atoms with E-state index in [2.05, 4.69) is 5.32 Å². The Morgan fingerprint density at radius 2 is 1.90 bits per heavy atom. The molecule has 0 bridgehead atoms. The molecule has 110 valence electrons. The number of nitrogens with zero attached hydrogens (tertiary/aromatic N) is 1. The average Bonchev–Trinajstić information content (AvgIpc) is 2.48. The number of para-hydroxylation sites is 1. The first kappa shape index (κ1) is 15.0. The highest BCUT2D eigenvalue weighted by atomic mass is 19.1. The number of nitrogens with one attached hydrogen (secondary N) is 1. The fourth-order valence-corrected chi connectivity index (χ4v) is 2.15. The number of nitro benzene ring substituents is 1. The lowest BCUT2D eigenvalue weighted by Gasteiger charge is -2.15. The molecular weight excluding hydrogens is 271 g/mol. The Kier molecular flexibility index (Phi) is 4.87. The summed E-state index contributed by atoms with van der Waals surface area (Å²) in [6.07, 6.45) is 1.59. The summed E-state index contributed by atoms with van der Waals surface area (Å²) in [5.74, 6) is -0.601. The number of nitro groups is 1. The van der Waals surface area contributed by atoms with Crippen molar-refractivity contribution in [1.82, 2.24) is 0 Å². The number of anilines is 1. The molecule has 21 heavy (non-hydrogen) atoms. The number of hydrogen-bond acceptors (Lipinski definition) is 3. The van der Waals surface area contributed by atoms with Crippen LogP contribution in [0.1, 0.15) is 18.9 Å². The van der Waals surface area contributed by atoms with Gasteiger partial charge in [0.05, 0.1) is 4.92 Å². The summed E-state index contributed by atoms with van der Waals surface area (Å²) in [5.41, 5.74) is 0.916. The maximum absolute atomic E-state index is 13.8. The minimum atomic E-state index is -0.601. The molecule has 2 aromatic carbocycles. The van der Waals surface area contributed by atoms with Crippen LogP contribution in [0.2, 0.25) is 0 Å². The van der Waals surface area contributed by atoms with Gasteiger partial charge in [-0.1, -0.05) is 36.4 Å². The standard InChI is InChI=1S/C16H17FN2O2/c1-12(10-11-13-6-3-2-4-7-13)18-16-14(17)8-5-9-15(16)19(20)21/h2-9,12,18H,10-11H2,1H3. The molecule has 1 unspecified atom stereocenters. The summed E-state index contributed by atoms with van der Waals surface area (Å²) >= 11 is 0. The smallest absolute Gasteiger partial charge is 0.295 e. The number of aryl methyl sites for hydroxylation is 1. The molecule has 0 fully saturated rings. The third-order valence-electron chi connectivity index (χ3n) is 3.29. The maximum atomic E-state index is 13.8. The lowest BCUT2D eigenvalue weighted by atomic mass is 10.1. The molecule has 0 aliphatic heterocycles. The molecule has 0 saturated carbocycles. The van der Waals surface area contributed by atoms with Gasteiger partial charge >= 0.3 is 0 Å². The van der Waals surface area contributed by atoms with Gasteiger partial charge in [-0.2, -0.15) is 0 Å². The van der Waals surface area contributed by atoms with E-state index in [1.165, 1.54) is 23.8 Å². The first-order valence-electron chi connectivity index (χ1n) is 6.81. The van der Waals surface area contributed by atoms with Crippen LogP contribution in [-0.4, -0.2) is 11.0 Å². The van der Waals surface area contributed by atoms with Crippen molar-refractivity contribution in [2.45, 2.75) is 25.8 Å². The van der Waals surface area contributed by atoms with Crippen LogP contribution in [0, 0.1) is 15.9 Å². The molecular formula is C16H17FN2O2. The SMILES string of the molecule is CC(CCc1ccccc1)Nc1c(F)cccc1[N+](=O)[O-]. The Labute approximate surface area is 122 Å². The third kappa shape index (κ3) is 4.02. The quantitative estimate of drug-likeness (QED) is 0.641. The van der Waals surface area contributed by atoms with Gasteiger partial charge in [0.25, 0.3) is 5.69 Å². The molecule has 0 aliphatic carbocycles. The van der Waals surface area contributed by atoms with Gasteiger partial charge in [0.1, 0.15) is 5.69 Å². The lowest BCUT2D eigenvalue weighted by molar-refractivity contribution is -0.384. The molecule has 0 radical (unpaired) electrons. The zero-order valence-corrected chi connectivity index (χ0v) is 11.8. The highest BCUT2D eigenvalue weighted by Gasteiger charge is 2.19. The van der Waals surface area contributed by atoms with E-state index < -0.39 is 10.7 Å². The van der Waals surface area contributed by atoms with Gasteiger partial charge in [-0.3, -0.25) is 10.1 Å². The van der Waals surface area contributed by atoms with E-state index in [1.54, 1.807) is 0 Å². The minimum Gasteiger partial charge on any atom is -0.375 e. The Balaban J connectivity index is 2.03. The predicted octanol–water partition coefficient (Wildman–Crippen LogP) is 4.17. The van der Waals surface area contributed by atoms with Crippen molar-refractivity contribution in [3.8, 4) is 0 Å². The molecule has 1 atom stereocenters. The Hall–Kier alpha value is -2.43. The maximum Gasteiger partial charge on any atom is 0.295 e. The van der Waals surface area contributed by atoms with Gasteiger partial charge in [-0.25, -0.2) is 4.39 Å². The van der Waals surface area contributed by atoms with Crippen LogP contribution in [0.4, 0.5) is 15.8 Å². The topological polar surface area (TPSA) is 55.2 Å². The normalized spacial score (nSPS) is 11.9. The van der Waals surface area contributed by atoms with Gasteiger partial charge in [0, 0.05) is 12.1 Å². The van der Waals surface area contributed by atoms with Gasteiger partial charge in [0.15, 0.2) is 5.82 Å². The van der Waals surface area contributed by atoms with E-state index in [4.69, 9.17) is 0 Å². The van der Waals surface area contributed by atoms with E-state index in [9.17, 15) is 14.5 Å². The van der Waals surface area contributed by atoms with Crippen molar-refractivity contribution >= 4 is 11.4 Å². The monoisotopic (exact) mass is 288 g/mol. The highest BCUT2D eigenvalue weighted by Crippen LogP contribution is 2.28. The van der Waals surface area contributed by atoms with Crippen molar-refractivity contribution in [1.29, 1.82) is 0 Å². The number of hydrogen-bond donors (Lipinski definition) is 1. The van der Waals surface area contributed by atoms with Crippen LogP contribution in [0.5, 0.6) is 0 Å². The summed E-state index contributed by atoms with van der Waals surface area (Å²) in [4.78, 5) is 10.4. The summed E-state index contributed by atoms with van der Waals surface area (Å²) < 4.78 is 13.8. The molecule has 0 heterocycles. The van der Waals surface area contributed by atoms with E-state index in [1.807, 2.05) is 37.3 Å². The van der Waals surface area contributed by atoms with Gasteiger partial charge in [0.2, 0.25) is 0 Å². The second kappa shape index (κ2) is 6.83. The van der Waals surface area contributed by atoms with Crippen molar-refractivity contribution in [3.05, 3.63) is 70.0 Å². The molecule has 2 aromatic rings. The van der Waals surface area contributed by atoms with Crippen molar-refractivity contribution in [2.75, 3.05) is 5.32 Å². The molecule has 0 saturated heterocycles. The number of halogens is 1. The second-order valence-corrected chi connectivity index (χ2v) is 4.96. The molecule has 0 spiro atoms. The van der Waals surface area contributed by atoms with Gasteiger partial charge in [-0.05, 0) is 31.4 Å². The van der Waals surface area contributed by atoms with E-state index in [0.29, 0.717) is 0 Å². The summed E-state index contributed by atoms with van der Waals surface area (Å²) in [7, 11) is 0. The van der Waals surface area contributed by atoms with Crippen LogP contribution in [0.15, 0.2) is 48.5 Å². The molecule has 1 N–H and O–H groups in total.